The number of hydrogen-bond acceptors (Lipinski definition) is 2. The first-order valence-electron chi connectivity index (χ1n) is 5.40. The first-order chi connectivity index (χ1) is 6.16. The van der Waals surface area contributed by atoms with Crippen molar-refractivity contribution < 1.29 is 4.74 Å². The Bertz CT molecular complexity index is 125. The number of likely N-dealkylation sites (N-methyl/N-ethyl adjacent to an activating group) is 1. The second-order valence-corrected chi connectivity index (χ2v) is 3.78. The van der Waals surface area contributed by atoms with Gasteiger partial charge in [-0.1, -0.05) is 27.7 Å². The predicted octanol–water partition coefficient (Wildman–Crippen LogP) is 2.39. The van der Waals surface area contributed by atoms with E-state index in [-0.39, 0.29) is 0 Å². The van der Waals surface area contributed by atoms with Crippen LogP contribution in [0.5, 0.6) is 0 Å². The van der Waals surface area contributed by atoms with E-state index in [0.717, 1.165) is 0 Å². The standard InChI is InChI=1S/C9H19NO.C2H6/c1-7(2)9-8(11-4)5-6-10(9)3;1-2/h7-9H,5-6H2,1-4H3;1-2H3. The van der Waals surface area contributed by atoms with Crippen LogP contribution in [-0.4, -0.2) is 37.7 Å². The molecule has 0 aromatic heterocycles. The number of ether oxygens (including phenoxy) is 1. The van der Waals surface area contributed by atoms with Gasteiger partial charge < -0.3 is 9.64 Å². The summed E-state index contributed by atoms with van der Waals surface area (Å²) >= 11 is 0. The molecule has 0 amide bonds. The van der Waals surface area contributed by atoms with Crippen LogP contribution in [0.2, 0.25) is 0 Å². The molecule has 2 unspecified atom stereocenters. The van der Waals surface area contributed by atoms with E-state index in [2.05, 4.69) is 25.8 Å². The molecule has 2 heteroatoms. The Kier molecular flexibility index (Phi) is 6.35. The van der Waals surface area contributed by atoms with Gasteiger partial charge in [-0.3, -0.25) is 0 Å². The van der Waals surface area contributed by atoms with Crippen LogP contribution in [0.25, 0.3) is 0 Å². The summed E-state index contributed by atoms with van der Waals surface area (Å²) in [7, 11) is 4.00. The van der Waals surface area contributed by atoms with Crippen molar-refractivity contribution in [3.05, 3.63) is 0 Å². The molecule has 0 aliphatic carbocycles. The molecule has 1 fully saturated rings. The number of nitrogens with zero attached hydrogens (tertiary/aromatic N) is 1. The molecule has 0 aromatic carbocycles. The van der Waals surface area contributed by atoms with E-state index in [1.54, 1.807) is 0 Å². The number of methoxy groups -OCH3 is 1. The first-order valence-corrected chi connectivity index (χ1v) is 5.40. The second kappa shape index (κ2) is 6.39. The Morgan fingerprint density at radius 3 is 2.15 bits per heavy atom. The van der Waals surface area contributed by atoms with Crippen molar-refractivity contribution in [2.75, 3.05) is 20.7 Å². The summed E-state index contributed by atoms with van der Waals surface area (Å²) in [5, 5.41) is 0. The van der Waals surface area contributed by atoms with E-state index in [1.807, 2.05) is 21.0 Å². The Labute approximate surface area is 83.3 Å². The van der Waals surface area contributed by atoms with E-state index in [9.17, 15) is 0 Å². The van der Waals surface area contributed by atoms with Gasteiger partial charge in [0.15, 0.2) is 0 Å². The maximum Gasteiger partial charge on any atom is 0.0741 e. The van der Waals surface area contributed by atoms with Gasteiger partial charge in [-0.15, -0.1) is 0 Å². The van der Waals surface area contributed by atoms with Gasteiger partial charge in [-0.2, -0.15) is 0 Å². The fraction of sp³-hybridized carbons (Fsp3) is 1.00. The molecule has 1 aliphatic rings. The highest BCUT2D eigenvalue weighted by molar-refractivity contribution is 4.87. The molecule has 0 aromatic rings. The van der Waals surface area contributed by atoms with Gasteiger partial charge >= 0.3 is 0 Å². The molecule has 80 valence electrons. The fourth-order valence-electron chi connectivity index (χ4n) is 2.13. The molecule has 0 radical (unpaired) electrons. The van der Waals surface area contributed by atoms with Gasteiger partial charge in [0, 0.05) is 19.7 Å². The van der Waals surface area contributed by atoms with Crippen LogP contribution in [0.15, 0.2) is 0 Å². The largest absolute Gasteiger partial charge is 0.380 e. The van der Waals surface area contributed by atoms with Crippen molar-refractivity contribution in [3.63, 3.8) is 0 Å². The van der Waals surface area contributed by atoms with Crippen LogP contribution in [0.3, 0.4) is 0 Å². The lowest BCUT2D eigenvalue weighted by Crippen LogP contribution is -2.37. The average Bonchev–Trinajstić information content (AvgIpc) is 2.50. The Morgan fingerprint density at radius 2 is 1.85 bits per heavy atom. The Hall–Kier alpha value is -0.0800. The summed E-state index contributed by atoms with van der Waals surface area (Å²) in [6.45, 7) is 9.71. The normalized spacial score (nSPS) is 28.8. The fourth-order valence-corrected chi connectivity index (χ4v) is 2.13. The van der Waals surface area contributed by atoms with E-state index in [1.165, 1.54) is 13.0 Å². The minimum atomic E-state index is 0.458. The molecule has 1 saturated heterocycles. The van der Waals surface area contributed by atoms with Crippen LogP contribution >= 0.6 is 0 Å². The second-order valence-electron chi connectivity index (χ2n) is 3.78. The maximum absolute atomic E-state index is 5.41. The third-order valence-corrected chi connectivity index (χ3v) is 2.64. The SMILES string of the molecule is CC.COC1CCN(C)C1C(C)C. The highest BCUT2D eigenvalue weighted by atomic mass is 16.5. The molecular formula is C11H25NO. The molecule has 0 bridgehead atoms. The van der Waals surface area contributed by atoms with Crippen molar-refractivity contribution in [1.29, 1.82) is 0 Å². The van der Waals surface area contributed by atoms with Gasteiger partial charge in [-0.25, -0.2) is 0 Å². The van der Waals surface area contributed by atoms with E-state index in [0.29, 0.717) is 18.1 Å². The zero-order valence-electron chi connectivity index (χ0n) is 10.0. The molecule has 13 heavy (non-hydrogen) atoms. The quantitative estimate of drug-likeness (QED) is 0.658. The van der Waals surface area contributed by atoms with Crippen LogP contribution in [-0.2, 0) is 4.74 Å². The van der Waals surface area contributed by atoms with E-state index >= 15 is 0 Å². The van der Waals surface area contributed by atoms with Crippen LogP contribution in [0, 0.1) is 5.92 Å². The third-order valence-electron chi connectivity index (χ3n) is 2.64. The van der Waals surface area contributed by atoms with Crippen molar-refractivity contribution in [3.8, 4) is 0 Å². The minimum absolute atomic E-state index is 0.458. The summed E-state index contributed by atoms with van der Waals surface area (Å²) in [5.74, 6) is 0.701. The lowest BCUT2D eigenvalue weighted by molar-refractivity contribution is 0.0531. The highest BCUT2D eigenvalue weighted by Gasteiger charge is 2.33. The van der Waals surface area contributed by atoms with Gasteiger partial charge in [-0.05, 0) is 19.4 Å². The summed E-state index contributed by atoms with van der Waals surface area (Å²) in [6, 6.07) is 0.625. The van der Waals surface area contributed by atoms with E-state index in [4.69, 9.17) is 4.74 Å². The molecular weight excluding hydrogens is 162 g/mol. The number of rotatable bonds is 2. The summed E-state index contributed by atoms with van der Waals surface area (Å²) < 4.78 is 5.41. The van der Waals surface area contributed by atoms with Gasteiger partial charge in [0.25, 0.3) is 0 Å². The average molecular weight is 187 g/mol. The van der Waals surface area contributed by atoms with Crippen LogP contribution in [0.4, 0.5) is 0 Å². The monoisotopic (exact) mass is 187 g/mol. The molecule has 2 nitrogen and oxygen atoms in total. The van der Waals surface area contributed by atoms with Crippen molar-refractivity contribution in [1.82, 2.24) is 4.90 Å². The summed E-state index contributed by atoms with van der Waals surface area (Å²) in [5.41, 5.74) is 0. The molecule has 0 N–H and O–H groups in total. The lowest BCUT2D eigenvalue weighted by Gasteiger charge is -2.27. The van der Waals surface area contributed by atoms with Crippen molar-refractivity contribution >= 4 is 0 Å². The molecule has 1 rings (SSSR count). The maximum atomic E-state index is 5.41. The van der Waals surface area contributed by atoms with E-state index < -0.39 is 0 Å². The predicted molar refractivity (Wildman–Crippen MR) is 58.0 cm³/mol. The molecule has 2 atom stereocenters. The summed E-state index contributed by atoms with van der Waals surface area (Å²) in [6.07, 6.45) is 1.65. The molecule has 0 saturated carbocycles. The first kappa shape index (κ1) is 12.9. The van der Waals surface area contributed by atoms with Crippen LogP contribution in [0.1, 0.15) is 34.1 Å². The zero-order valence-corrected chi connectivity index (χ0v) is 10.0. The number of hydrogen-bond donors (Lipinski definition) is 0. The van der Waals surface area contributed by atoms with Crippen molar-refractivity contribution in [2.24, 2.45) is 5.92 Å². The van der Waals surface area contributed by atoms with Crippen LogP contribution < -0.4 is 0 Å². The van der Waals surface area contributed by atoms with Gasteiger partial charge in [0.2, 0.25) is 0 Å². The molecule has 0 spiro atoms. The number of likely N-dealkylation sites (tertiary alicyclic amines) is 1. The van der Waals surface area contributed by atoms with Gasteiger partial charge in [0.1, 0.15) is 0 Å². The Morgan fingerprint density at radius 1 is 1.31 bits per heavy atom. The molecule has 1 heterocycles. The lowest BCUT2D eigenvalue weighted by atomic mass is 10.00. The van der Waals surface area contributed by atoms with Crippen molar-refractivity contribution in [2.45, 2.75) is 46.3 Å². The minimum Gasteiger partial charge on any atom is -0.380 e. The van der Waals surface area contributed by atoms with Gasteiger partial charge in [0.05, 0.1) is 6.10 Å². The molecule has 1 aliphatic heterocycles. The smallest absolute Gasteiger partial charge is 0.0741 e. The highest BCUT2D eigenvalue weighted by Crippen LogP contribution is 2.24. The third kappa shape index (κ3) is 3.28. The topological polar surface area (TPSA) is 12.5 Å². The zero-order chi connectivity index (χ0) is 10.4. The summed E-state index contributed by atoms with van der Waals surface area (Å²) in [4.78, 5) is 2.40. The Balaban J connectivity index is 0.000000671.